The third kappa shape index (κ3) is 2.71. The largest absolute Gasteiger partial charge is 0.383 e. The number of nitrogens with two attached hydrogens (primary N) is 1. The predicted molar refractivity (Wildman–Crippen MR) is 70.9 cm³/mol. The molecular formula is C12H16BrN3O2. The lowest BCUT2D eigenvalue weighted by molar-refractivity contribution is -0.129. The fourth-order valence-electron chi connectivity index (χ4n) is 2.29. The van der Waals surface area contributed by atoms with Crippen LogP contribution in [0.25, 0.3) is 0 Å². The second-order valence-electron chi connectivity index (χ2n) is 4.33. The highest BCUT2D eigenvalue weighted by atomic mass is 79.9. The molecule has 1 aliphatic rings. The summed E-state index contributed by atoms with van der Waals surface area (Å²) >= 11 is 3.39. The van der Waals surface area contributed by atoms with Crippen LogP contribution in [0.4, 0.5) is 0 Å². The van der Waals surface area contributed by atoms with Crippen molar-refractivity contribution in [3.8, 4) is 0 Å². The molecule has 1 fully saturated rings. The Balaban J connectivity index is 2.24. The maximum absolute atomic E-state index is 11.9. The number of pyridine rings is 1. The molecule has 0 radical (unpaired) electrons. The lowest BCUT2D eigenvalue weighted by Crippen LogP contribution is -2.35. The van der Waals surface area contributed by atoms with Gasteiger partial charge in [-0.3, -0.25) is 9.78 Å². The molecule has 0 aromatic carbocycles. The van der Waals surface area contributed by atoms with E-state index in [0.29, 0.717) is 19.6 Å². The second kappa shape index (κ2) is 5.77. The van der Waals surface area contributed by atoms with Gasteiger partial charge in [0.15, 0.2) is 0 Å². The second-order valence-corrected chi connectivity index (χ2v) is 5.24. The van der Waals surface area contributed by atoms with E-state index >= 15 is 0 Å². The van der Waals surface area contributed by atoms with E-state index in [9.17, 15) is 4.79 Å². The maximum atomic E-state index is 11.9. The minimum atomic E-state index is -0.189. The molecule has 98 valence electrons. The molecule has 1 amide bonds. The van der Waals surface area contributed by atoms with Gasteiger partial charge in [0.05, 0.1) is 12.6 Å². The van der Waals surface area contributed by atoms with Crippen LogP contribution in [0, 0.1) is 0 Å². The normalized spacial score (nSPS) is 23.7. The van der Waals surface area contributed by atoms with Crippen molar-refractivity contribution in [2.24, 2.45) is 5.73 Å². The summed E-state index contributed by atoms with van der Waals surface area (Å²) in [6.07, 6.45) is 3.85. The highest BCUT2D eigenvalue weighted by Crippen LogP contribution is 2.32. The van der Waals surface area contributed by atoms with Gasteiger partial charge in [-0.25, -0.2) is 0 Å². The minimum Gasteiger partial charge on any atom is -0.383 e. The van der Waals surface area contributed by atoms with Gasteiger partial charge in [0.1, 0.15) is 0 Å². The number of methoxy groups -OCH3 is 1. The van der Waals surface area contributed by atoms with Crippen molar-refractivity contribution < 1.29 is 9.53 Å². The lowest BCUT2D eigenvalue weighted by atomic mass is 10.0. The summed E-state index contributed by atoms with van der Waals surface area (Å²) < 4.78 is 5.92. The van der Waals surface area contributed by atoms with Crippen LogP contribution in [-0.2, 0) is 9.53 Å². The first-order valence-corrected chi connectivity index (χ1v) is 6.57. The summed E-state index contributed by atoms with van der Waals surface area (Å²) in [6.45, 7) is 1.07. The van der Waals surface area contributed by atoms with Gasteiger partial charge in [-0.2, -0.15) is 0 Å². The van der Waals surface area contributed by atoms with Crippen molar-refractivity contribution in [1.29, 1.82) is 0 Å². The van der Waals surface area contributed by atoms with Crippen LogP contribution < -0.4 is 5.73 Å². The average molecular weight is 314 g/mol. The molecule has 6 heteroatoms. The van der Waals surface area contributed by atoms with Gasteiger partial charge in [-0.1, -0.05) is 0 Å². The highest BCUT2D eigenvalue weighted by molar-refractivity contribution is 9.10. The van der Waals surface area contributed by atoms with Gasteiger partial charge in [-0.15, -0.1) is 0 Å². The molecule has 0 saturated carbocycles. The fraction of sp³-hybridized carbons (Fsp3) is 0.500. The summed E-state index contributed by atoms with van der Waals surface area (Å²) in [4.78, 5) is 17.8. The minimum absolute atomic E-state index is 0.0736. The number of carbonyl (C=O) groups is 1. The Kier molecular flexibility index (Phi) is 4.31. The van der Waals surface area contributed by atoms with Gasteiger partial charge in [0, 0.05) is 43.0 Å². The van der Waals surface area contributed by atoms with Crippen molar-refractivity contribution in [1.82, 2.24) is 9.88 Å². The van der Waals surface area contributed by atoms with Crippen LogP contribution in [0.5, 0.6) is 0 Å². The van der Waals surface area contributed by atoms with Gasteiger partial charge in [0.2, 0.25) is 5.91 Å². The van der Waals surface area contributed by atoms with Crippen molar-refractivity contribution in [2.75, 3.05) is 20.3 Å². The first kappa shape index (κ1) is 13.5. The van der Waals surface area contributed by atoms with E-state index in [4.69, 9.17) is 10.5 Å². The van der Waals surface area contributed by atoms with E-state index < -0.39 is 0 Å². The zero-order valence-corrected chi connectivity index (χ0v) is 11.8. The van der Waals surface area contributed by atoms with Crippen molar-refractivity contribution in [2.45, 2.75) is 18.5 Å². The molecule has 0 spiro atoms. The number of halogens is 1. The molecule has 1 aromatic rings. The molecule has 1 aromatic heterocycles. The van der Waals surface area contributed by atoms with Gasteiger partial charge in [-0.05, 0) is 27.6 Å². The fourth-order valence-corrected chi connectivity index (χ4v) is 2.67. The molecule has 2 heterocycles. The van der Waals surface area contributed by atoms with Crippen LogP contribution >= 0.6 is 15.9 Å². The zero-order chi connectivity index (χ0) is 13.1. The van der Waals surface area contributed by atoms with E-state index in [0.717, 1.165) is 10.0 Å². The molecule has 2 atom stereocenters. The lowest BCUT2D eigenvalue weighted by Gasteiger charge is -2.26. The van der Waals surface area contributed by atoms with Crippen LogP contribution in [0.1, 0.15) is 18.0 Å². The average Bonchev–Trinajstić information content (AvgIpc) is 2.61. The zero-order valence-electron chi connectivity index (χ0n) is 10.2. The van der Waals surface area contributed by atoms with Crippen LogP contribution in [0.3, 0.4) is 0 Å². The monoisotopic (exact) mass is 313 g/mol. The first-order chi connectivity index (χ1) is 8.63. The molecule has 2 rings (SSSR count). The molecule has 18 heavy (non-hydrogen) atoms. The number of carbonyl (C=O) groups excluding carboxylic acids is 1. The number of ether oxygens (including phenoxy) is 1. The van der Waals surface area contributed by atoms with Crippen LogP contribution in [0.15, 0.2) is 22.9 Å². The summed E-state index contributed by atoms with van der Waals surface area (Å²) in [7, 11) is 1.62. The van der Waals surface area contributed by atoms with Gasteiger partial charge >= 0.3 is 0 Å². The van der Waals surface area contributed by atoms with Crippen molar-refractivity contribution in [3.05, 3.63) is 28.5 Å². The van der Waals surface area contributed by atoms with Crippen LogP contribution in [0.2, 0.25) is 0 Å². The molecule has 1 saturated heterocycles. The van der Waals surface area contributed by atoms with E-state index in [-0.39, 0.29) is 18.0 Å². The predicted octanol–water partition coefficient (Wildman–Crippen LogP) is 1.09. The highest BCUT2D eigenvalue weighted by Gasteiger charge is 2.38. The number of hydrogen-bond acceptors (Lipinski definition) is 4. The quantitative estimate of drug-likeness (QED) is 0.903. The number of nitrogens with zero attached hydrogens (tertiary/aromatic N) is 2. The molecule has 2 unspecified atom stereocenters. The smallest absolute Gasteiger partial charge is 0.224 e. The number of amides is 1. The van der Waals surface area contributed by atoms with Gasteiger partial charge in [0.25, 0.3) is 0 Å². The number of aromatic nitrogens is 1. The Morgan fingerprint density at radius 1 is 1.61 bits per heavy atom. The summed E-state index contributed by atoms with van der Waals surface area (Å²) in [5.41, 5.74) is 7.02. The SMILES string of the molecule is COCCN1C(=O)CC(N)C1c1cncc(Br)c1. The van der Waals surface area contributed by atoms with Crippen molar-refractivity contribution >= 4 is 21.8 Å². The number of rotatable bonds is 4. The number of likely N-dealkylation sites (tertiary alicyclic amines) is 1. The molecule has 5 nitrogen and oxygen atoms in total. The van der Waals surface area contributed by atoms with E-state index in [1.807, 2.05) is 6.07 Å². The van der Waals surface area contributed by atoms with Crippen molar-refractivity contribution in [3.63, 3.8) is 0 Å². The summed E-state index contributed by atoms with van der Waals surface area (Å²) in [5, 5.41) is 0. The summed E-state index contributed by atoms with van der Waals surface area (Å²) in [5.74, 6) is 0.0736. The Morgan fingerprint density at radius 3 is 3.06 bits per heavy atom. The third-order valence-electron chi connectivity index (χ3n) is 3.08. The Labute approximate surface area is 114 Å². The number of hydrogen-bond donors (Lipinski definition) is 1. The Morgan fingerprint density at radius 2 is 2.39 bits per heavy atom. The first-order valence-electron chi connectivity index (χ1n) is 5.78. The topological polar surface area (TPSA) is 68.5 Å². The van der Waals surface area contributed by atoms with E-state index in [1.54, 1.807) is 24.4 Å². The van der Waals surface area contributed by atoms with Crippen LogP contribution in [-0.4, -0.2) is 42.1 Å². The van der Waals surface area contributed by atoms with E-state index in [2.05, 4.69) is 20.9 Å². The molecule has 1 aliphatic heterocycles. The Bertz CT molecular complexity index is 441. The molecular weight excluding hydrogens is 298 g/mol. The van der Waals surface area contributed by atoms with E-state index in [1.165, 1.54) is 0 Å². The molecule has 0 bridgehead atoms. The standard InChI is InChI=1S/C12H16BrN3O2/c1-18-3-2-16-11(17)5-10(14)12(16)8-4-9(13)7-15-6-8/h4,6-7,10,12H,2-3,5,14H2,1H3. The Hall–Kier alpha value is -0.980. The summed E-state index contributed by atoms with van der Waals surface area (Å²) in [6, 6.07) is 1.65. The molecule has 0 aliphatic carbocycles. The maximum Gasteiger partial charge on any atom is 0.224 e. The molecule has 2 N–H and O–H groups in total. The third-order valence-corrected chi connectivity index (χ3v) is 3.51. The van der Waals surface area contributed by atoms with Gasteiger partial charge < -0.3 is 15.4 Å².